The number of benzene rings is 2. The molecule has 4 rings (SSSR count). The van der Waals surface area contributed by atoms with Gasteiger partial charge in [-0.1, -0.05) is 30.3 Å². The van der Waals surface area contributed by atoms with Gasteiger partial charge in [-0.2, -0.15) is 0 Å². The van der Waals surface area contributed by atoms with Gasteiger partial charge in [0, 0.05) is 17.5 Å². The van der Waals surface area contributed by atoms with E-state index < -0.39 is 0 Å². The number of hydrogen-bond donors (Lipinski definition) is 1. The van der Waals surface area contributed by atoms with Crippen LogP contribution in [-0.2, 0) is 6.54 Å². The minimum Gasteiger partial charge on any atom is -0.493 e. The summed E-state index contributed by atoms with van der Waals surface area (Å²) in [6.45, 7) is 0.858. The summed E-state index contributed by atoms with van der Waals surface area (Å²) in [5.74, 6) is 0.979. The topological polar surface area (TPSA) is 50.8 Å². The number of piperidine rings is 1. The number of carbonyl (C=O) groups is 1. The first-order chi connectivity index (χ1) is 14.6. The van der Waals surface area contributed by atoms with Gasteiger partial charge in [-0.3, -0.25) is 9.69 Å². The molecule has 2 aromatic carbocycles. The predicted octanol–water partition coefficient (Wildman–Crippen LogP) is 4.70. The van der Waals surface area contributed by atoms with Crippen molar-refractivity contribution in [2.45, 2.75) is 55.2 Å². The highest BCUT2D eigenvalue weighted by Gasteiger charge is 2.49. The van der Waals surface area contributed by atoms with Gasteiger partial charge in [0.25, 0.3) is 5.91 Å². The zero-order valence-electron chi connectivity index (χ0n) is 17.9. The van der Waals surface area contributed by atoms with E-state index in [0.29, 0.717) is 23.1 Å². The van der Waals surface area contributed by atoms with Gasteiger partial charge in [-0.05, 0) is 56.1 Å². The molecule has 2 saturated heterocycles. The summed E-state index contributed by atoms with van der Waals surface area (Å²) in [4.78, 5) is 17.0. The van der Waals surface area contributed by atoms with Crippen molar-refractivity contribution in [1.82, 2.24) is 10.2 Å². The molecule has 0 radical (unpaired) electrons. The van der Waals surface area contributed by atoms with Crippen molar-refractivity contribution in [2.75, 3.05) is 20.5 Å². The minimum atomic E-state index is -0.302. The molecule has 1 N–H and O–H groups in total. The number of carbonyl (C=O) groups excluding carboxylic acids is 1. The molecule has 2 unspecified atom stereocenters. The fourth-order valence-electron chi connectivity index (χ4n) is 5.01. The van der Waals surface area contributed by atoms with Gasteiger partial charge < -0.3 is 14.8 Å². The second kappa shape index (κ2) is 8.90. The highest BCUT2D eigenvalue weighted by molar-refractivity contribution is 7.98. The van der Waals surface area contributed by atoms with Crippen LogP contribution in [0.15, 0.2) is 47.4 Å². The van der Waals surface area contributed by atoms with Gasteiger partial charge in [0.05, 0.1) is 25.4 Å². The smallest absolute Gasteiger partial charge is 0.256 e. The number of methoxy groups -OCH3 is 2. The third-order valence-electron chi connectivity index (χ3n) is 6.48. The number of thioether (sulfide) groups is 1. The number of fused-ring (bicyclic) bond motifs is 2. The number of ether oxygens (including phenoxy) is 2. The molecule has 2 aromatic rings. The molecular weight excluding hydrogens is 396 g/mol. The first-order valence-electron chi connectivity index (χ1n) is 10.5. The summed E-state index contributed by atoms with van der Waals surface area (Å²) in [5, 5.41) is 3.43. The molecule has 30 heavy (non-hydrogen) atoms. The Labute approximate surface area is 183 Å². The van der Waals surface area contributed by atoms with Crippen LogP contribution in [0, 0.1) is 0 Å². The lowest BCUT2D eigenvalue weighted by molar-refractivity contribution is 0.0183. The van der Waals surface area contributed by atoms with E-state index in [0.717, 1.165) is 37.1 Å². The summed E-state index contributed by atoms with van der Waals surface area (Å²) < 4.78 is 11.1. The third kappa shape index (κ3) is 3.91. The van der Waals surface area contributed by atoms with Crippen LogP contribution in [0.2, 0.25) is 0 Å². The monoisotopic (exact) mass is 426 g/mol. The van der Waals surface area contributed by atoms with Gasteiger partial charge in [0.1, 0.15) is 0 Å². The van der Waals surface area contributed by atoms with Crippen LogP contribution in [0.4, 0.5) is 0 Å². The third-order valence-corrected chi connectivity index (χ3v) is 7.19. The first-order valence-corrected chi connectivity index (χ1v) is 11.8. The highest BCUT2D eigenvalue weighted by atomic mass is 32.2. The second-order valence-corrected chi connectivity index (χ2v) is 8.97. The van der Waals surface area contributed by atoms with Crippen molar-refractivity contribution in [3.8, 4) is 11.5 Å². The summed E-state index contributed by atoms with van der Waals surface area (Å²) >= 11 is 1.58. The lowest BCUT2D eigenvalue weighted by atomic mass is 9.95. The van der Waals surface area contributed by atoms with E-state index in [4.69, 9.17) is 9.47 Å². The van der Waals surface area contributed by atoms with Crippen molar-refractivity contribution in [2.24, 2.45) is 0 Å². The SMILES string of the molecule is COc1cc(SC)cc(C(=O)NC23CCCC(CC2)N3Cc2ccccc2)c1OC. The maximum Gasteiger partial charge on any atom is 0.256 e. The molecule has 6 heteroatoms. The average molecular weight is 427 g/mol. The van der Waals surface area contributed by atoms with Crippen LogP contribution in [0.3, 0.4) is 0 Å². The molecule has 0 aliphatic carbocycles. The fourth-order valence-corrected chi connectivity index (χ4v) is 5.48. The van der Waals surface area contributed by atoms with Crippen molar-refractivity contribution in [3.63, 3.8) is 0 Å². The van der Waals surface area contributed by atoms with Crippen LogP contribution < -0.4 is 14.8 Å². The van der Waals surface area contributed by atoms with E-state index >= 15 is 0 Å². The van der Waals surface area contributed by atoms with E-state index in [2.05, 4.69) is 34.5 Å². The number of amides is 1. The maximum absolute atomic E-state index is 13.5. The van der Waals surface area contributed by atoms with E-state index in [1.807, 2.05) is 24.5 Å². The molecule has 0 saturated carbocycles. The highest BCUT2D eigenvalue weighted by Crippen LogP contribution is 2.44. The molecule has 2 bridgehead atoms. The predicted molar refractivity (Wildman–Crippen MR) is 120 cm³/mol. The molecule has 2 aliphatic heterocycles. The van der Waals surface area contributed by atoms with Crippen LogP contribution in [-0.4, -0.2) is 43.0 Å². The normalized spacial score (nSPS) is 23.2. The second-order valence-electron chi connectivity index (χ2n) is 8.09. The van der Waals surface area contributed by atoms with Crippen LogP contribution in [0.5, 0.6) is 11.5 Å². The molecule has 160 valence electrons. The molecule has 0 aromatic heterocycles. The Hall–Kier alpha value is -2.18. The van der Waals surface area contributed by atoms with Gasteiger partial charge in [-0.15, -0.1) is 11.8 Å². The van der Waals surface area contributed by atoms with Crippen molar-refractivity contribution in [3.05, 3.63) is 53.6 Å². The lowest BCUT2D eigenvalue weighted by Crippen LogP contribution is -2.60. The molecule has 0 spiro atoms. The van der Waals surface area contributed by atoms with Gasteiger partial charge >= 0.3 is 0 Å². The quantitative estimate of drug-likeness (QED) is 0.651. The van der Waals surface area contributed by atoms with Gasteiger partial charge in [0.15, 0.2) is 11.5 Å². The molecule has 5 nitrogen and oxygen atoms in total. The first kappa shape index (κ1) is 21.1. The summed E-state index contributed by atoms with van der Waals surface area (Å²) in [7, 11) is 3.19. The molecule has 2 atom stereocenters. The van der Waals surface area contributed by atoms with E-state index in [1.54, 1.807) is 26.0 Å². The van der Waals surface area contributed by atoms with Crippen LogP contribution in [0.1, 0.15) is 48.0 Å². The number of hydrogen-bond acceptors (Lipinski definition) is 5. The zero-order valence-corrected chi connectivity index (χ0v) is 18.8. The fraction of sp³-hybridized carbons (Fsp3) is 0.458. The molecule has 2 heterocycles. The summed E-state index contributed by atoms with van der Waals surface area (Å²) in [6, 6.07) is 14.9. The Morgan fingerprint density at radius 3 is 2.67 bits per heavy atom. The Morgan fingerprint density at radius 1 is 1.17 bits per heavy atom. The average Bonchev–Trinajstić information content (AvgIpc) is 2.96. The Bertz CT molecular complexity index is 901. The lowest BCUT2D eigenvalue weighted by Gasteiger charge is -2.45. The molecule has 1 amide bonds. The summed E-state index contributed by atoms with van der Waals surface area (Å²) in [5.41, 5.74) is 1.52. The zero-order chi connectivity index (χ0) is 21.1. The van der Waals surface area contributed by atoms with Gasteiger partial charge in [-0.25, -0.2) is 0 Å². The Morgan fingerprint density at radius 2 is 1.97 bits per heavy atom. The largest absolute Gasteiger partial charge is 0.493 e. The van der Waals surface area contributed by atoms with Gasteiger partial charge in [0.2, 0.25) is 0 Å². The minimum absolute atomic E-state index is 0.0957. The number of nitrogens with zero attached hydrogens (tertiary/aromatic N) is 1. The molecule has 2 aliphatic rings. The van der Waals surface area contributed by atoms with E-state index in [1.165, 1.54) is 12.0 Å². The molecular formula is C24H30N2O3S. The Kier molecular flexibility index (Phi) is 6.25. The molecule has 2 fully saturated rings. The van der Waals surface area contributed by atoms with Crippen LogP contribution >= 0.6 is 11.8 Å². The van der Waals surface area contributed by atoms with E-state index in [9.17, 15) is 4.79 Å². The van der Waals surface area contributed by atoms with Crippen molar-refractivity contribution in [1.29, 1.82) is 0 Å². The number of rotatable bonds is 7. The van der Waals surface area contributed by atoms with Crippen LogP contribution in [0.25, 0.3) is 0 Å². The van der Waals surface area contributed by atoms with Crippen molar-refractivity contribution >= 4 is 17.7 Å². The standard InChI is InChI=1S/C24H30N2O3S/c1-28-21-15-19(30-3)14-20(22(21)29-2)23(27)25-24-12-7-10-18(11-13-24)26(24)16-17-8-5-4-6-9-17/h4-6,8-9,14-15,18H,7,10-13,16H2,1-3H3,(H,25,27). The maximum atomic E-state index is 13.5. The Balaban J connectivity index is 1.64. The number of nitrogens with one attached hydrogen (secondary N) is 1. The summed E-state index contributed by atoms with van der Waals surface area (Å²) in [6.07, 6.45) is 7.41. The van der Waals surface area contributed by atoms with E-state index in [-0.39, 0.29) is 11.6 Å². The van der Waals surface area contributed by atoms with Crippen molar-refractivity contribution < 1.29 is 14.3 Å².